The molecule has 0 saturated carbocycles. The van der Waals surface area contributed by atoms with Gasteiger partial charge >= 0.3 is 0 Å². The number of hydrogen-bond acceptors (Lipinski definition) is 2. The minimum absolute atomic E-state index is 0.135. The zero-order valence-corrected chi connectivity index (χ0v) is 7.68. The SMILES string of the molecule is CC(C)N1NC(=S)C(C)[N+]1=O. The zero-order valence-electron chi connectivity index (χ0n) is 6.87. The summed E-state index contributed by atoms with van der Waals surface area (Å²) in [5, 5.41) is 1.49. The van der Waals surface area contributed by atoms with Crippen LogP contribution in [-0.2, 0) is 0 Å². The van der Waals surface area contributed by atoms with Crippen molar-refractivity contribution in [3.63, 3.8) is 0 Å². The van der Waals surface area contributed by atoms with E-state index in [0.29, 0.717) is 4.99 Å². The molecule has 1 saturated heterocycles. The van der Waals surface area contributed by atoms with Gasteiger partial charge in [0.15, 0.2) is 4.99 Å². The summed E-state index contributed by atoms with van der Waals surface area (Å²) in [7, 11) is 0. The van der Waals surface area contributed by atoms with Gasteiger partial charge in [0, 0.05) is 6.92 Å². The third-order valence-electron chi connectivity index (χ3n) is 1.64. The van der Waals surface area contributed by atoms with E-state index in [-0.39, 0.29) is 12.1 Å². The maximum atomic E-state index is 11.2. The first-order valence-electron chi connectivity index (χ1n) is 3.60. The Morgan fingerprint density at radius 2 is 2.27 bits per heavy atom. The minimum atomic E-state index is -0.229. The number of thiocarbonyl (C=S) groups is 1. The topological polar surface area (TPSA) is 35.4 Å². The van der Waals surface area contributed by atoms with Gasteiger partial charge in [0.05, 0.1) is 4.91 Å². The molecule has 0 bridgehead atoms. The molecule has 1 rings (SSSR count). The number of nitrogens with zero attached hydrogens (tertiary/aromatic N) is 2. The lowest BCUT2D eigenvalue weighted by Gasteiger charge is -2.10. The van der Waals surface area contributed by atoms with E-state index in [0.717, 1.165) is 4.87 Å². The van der Waals surface area contributed by atoms with Crippen molar-refractivity contribution in [2.24, 2.45) is 0 Å². The Bertz CT molecular complexity index is 204. The summed E-state index contributed by atoms with van der Waals surface area (Å²) in [6.45, 7) is 5.64. The van der Waals surface area contributed by atoms with Crippen molar-refractivity contribution < 1.29 is 4.87 Å². The van der Waals surface area contributed by atoms with Crippen molar-refractivity contribution in [2.75, 3.05) is 0 Å². The summed E-state index contributed by atoms with van der Waals surface area (Å²) in [4.78, 5) is 12.7. The van der Waals surface area contributed by atoms with Crippen molar-refractivity contribution >= 4 is 17.2 Å². The molecule has 5 heteroatoms. The highest BCUT2D eigenvalue weighted by molar-refractivity contribution is 7.80. The molecule has 1 heterocycles. The van der Waals surface area contributed by atoms with Crippen LogP contribution in [0.1, 0.15) is 20.8 Å². The van der Waals surface area contributed by atoms with Gasteiger partial charge in [-0.3, -0.25) is 0 Å². The summed E-state index contributed by atoms with van der Waals surface area (Å²) >= 11 is 4.92. The molecule has 0 aliphatic carbocycles. The molecule has 0 radical (unpaired) electrons. The van der Waals surface area contributed by atoms with Gasteiger partial charge in [0.25, 0.3) is 6.04 Å². The van der Waals surface area contributed by atoms with Crippen LogP contribution in [0.4, 0.5) is 0 Å². The van der Waals surface area contributed by atoms with Crippen LogP contribution in [0.25, 0.3) is 0 Å². The van der Waals surface area contributed by atoms with Gasteiger partial charge < -0.3 is 0 Å². The van der Waals surface area contributed by atoms with Crippen LogP contribution in [0.5, 0.6) is 0 Å². The number of nitroso groups, excluding NO2 is 1. The second-order valence-corrected chi connectivity index (χ2v) is 3.33. The Hall–Kier alpha value is -0.710. The van der Waals surface area contributed by atoms with Crippen molar-refractivity contribution in [3.05, 3.63) is 4.91 Å². The number of nitrogens with one attached hydrogen (secondary N) is 1. The quantitative estimate of drug-likeness (QED) is 0.467. The minimum Gasteiger partial charge on any atom is -0.233 e. The first kappa shape index (κ1) is 8.39. The molecule has 0 aromatic rings. The van der Waals surface area contributed by atoms with E-state index in [1.165, 1.54) is 5.12 Å². The average molecular weight is 174 g/mol. The summed E-state index contributed by atoms with van der Waals surface area (Å²) in [6.07, 6.45) is 0. The normalized spacial score (nSPS) is 24.7. The highest BCUT2D eigenvalue weighted by atomic mass is 32.1. The van der Waals surface area contributed by atoms with Crippen LogP contribution in [0, 0.1) is 4.91 Å². The molecule has 0 spiro atoms. The van der Waals surface area contributed by atoms with E-state index in [1.807, 2.05) is 13.8 Å². The Morgan fingerprint density at radius 3 is 2.45 bits per heavy atom. The molecule has 1 atom stereocenters. The van der Waals surface area contributed by atoms with Gasteiger partial charge in [-0.25, -0.2) is 5.43 Å². The van der Waals surface area contributed by atoms with Gasteiger partial charge in [0.1, 0.15) is 10.9 Å². The monoisotopic (exact) mass is 174 g/mol. The van der Waals surface area contributed by atoms with Gasteiger partial charge in [-0.05, 0) is 19.0 Å². The fourth-order valence-corrected chi connectivity index (χ4v) is 1.08. The summed E-state index contributed by atoms with van der Waals surface area (Å²) in [6, 6.07) is -0.0946. The Kier molecular flexibility index (Phi) is 2.08. The third kappa shape index (κ3) is 1.33. The lowest BCUT2D eigenvalue weighted by Crippen LogP contribution is -2.41. The van der Waals surface area contributed by atoms with Gasteiger partial charge in [0.2, 0.25) is 0 Å². The highest BCUT2D eigenvalue weighted by Crippen LogP contribution is 2.08. The van der Waals surface area contributed by atoms with E-state index in [2.05, 4.69) is 5.43 Å². The van der Waals surface area contributed by atoms with Crippen LogP contribution in [0.2, 0.25) is 0 Å². The largest absolute Gasteiger partial charge is 0.284 e. The lowest BCUT2D eigenvalue weighted by atomic mass is 10.4. The Morgan fingerprint density at radius 1 is 1.73 bits per heavy atom. The predicted molar refractivity (Wildman–Crippen MR) is 45.8 cm³/mol. The van der Waals surface area contributed by atoms with Crippen LogP contribution >= 0.6 is 12.2 Å². The molecule has 1 unspecified atom stereocenters. The number of hydrazine groups is 2. The van der Waals surface area contributed by atoms with Crippen molar-refractivity contribution in [1.29, 1.82) is 0 Å². The van der Waals surface area contributed by atoms with E-state index in [4.69, 9.17) is 12.2 Å². The molecular weight excluding hydrogens is 162 g/mol. The molecule has 0 aromatic carbocycles. The number of hydrogen-bond donors (Lipinski definition) is 1. The first-order valence-corrected chi connectivity index (χ1v) is 4.01. The second-order valence-electron chi connectivity index (χ2n) is 2.89. The van der Waals surface area contributed by atoms with E-state index in [1.54, 1.807) is 6.92 Å². The zero-order chi connectivity index (χ0) is 8.59. The van der Waals surface area contributed by atoms with Crippen LogP contribution in [0.3, 0.4) is 0 Å². The van der Waals surface area contributed by atoms with Gasteiger partial charge in [-0.1, -0.05) is 12.2 Å². The summed E-state index contributed by atoms with van der Waals surface area (Å²) in [5.74, 6) is 0. The fraction of sp³-hybridized carbons (Fsp3) is 0.833. The molecule has 1 aliphatic rings. The smallest absolute Gasteiger partial charge is 0.233 e. The predicted octanol–water partition coefficient (Wildman–Crippen LogP) is 0.625. The average Bonchev–Trinajstić information content (AvgIpc) is 2.17. The van der Waals surface area contributed by atoms with Gasteiger partial charge in [-0.2, -0.15) is 0 Å². The number of rotatable bonds is 1. The van der Waals surface area contributed by atoms with E-state index < -0.39 is 0 Å². The molecule has 1 N–H and O–H groups in total. The van der Waals surface area contributed by atoms with Crippen molar-refractivity contribution in [3.8, 4) is 0 Å². The molecule has 0 aromatic heterocycles. The van der Waals surface area contributed by atoms with Crippen LogP contribution in [0.15, 0.2) is 0 Å². The molecule has 0 amide bonds. The fourth-order valence-electron chi connectivity index (χ4n) is 0.899. The highest BCUT2D eigenvalue weighted by Gasteiger charge is 2.42. The van der Waals surface area contributed by atoms with E-state index in [9.17, 15) is 4.91 Å². The van der Waals surface area contributed by atoms with Crippen molar-refractivity contribution in [2.45, 2.75) is 32.9 Å². The molecule has 4 nitrogen and oxygen atoms in total. The second kappa shape index (κ2) is 2.73. The van der Waals surface area contributed by atoms with Gasteiger partial charge in [-0.15, -0.1) is 0 Å². The Balaban J connectivity index is 2.75. The summed E-state index contributed by atoms with van der Waals surface area (Å²) < 4.78 is 0. The molecule has 1 fully saturated rings. The summed E-state index contributed by atoms with van der Waals surface area (Å²) in [5.41, 5.74) is 2.83. The van der Waals surface area contributed by atoms with Crippen LogP contribution < -0.4 is 5.43 Å². The van der Waals surface area contributed by atoms with Crippen molar-refractivity contribution in [1.82, 2.24) is 10.5 Å². The molecule has 1 aliphatic heterocycles. The molecular formula is C6H12N3OS+. The maximum absolute atomic E-state index is 11.2. The van der Waals surface area contributed by atoms with E-state index >= 15 is 0 Å². The Labute approximate surface area is 71.1 Å². The molecule has 62 valence electrons. The molecule has 11 heavy (non-hydrogen) atoms. The third-order valence-corrected chi connectivity index (χ3v) is 2.07. The lowest BCUT2D eigenvalue weighted by molar-refractivity contribution is -0.720. The first-order chi connectivity index (χ1) is 5.04. The van der Waals surface area contributed by atoms with Crippen LogP contribution in [-0.4, -0.2) is 27.1 Å². The maximum Gasteiger partial charge on any atom is 0.284 e. The standard InChI is InChI=1S/C6H11N3OS/c1-4(2)8-7-6(11)5(3)9(8)10/h4-5H,1-3H3/p+1.